The second-order valence-electron chi connectivity index (χ2n) is 18.8. The van der Waals surface area contributed by atoms with Crippen molar-refractivity contribution < 1.29 is 43.1 Å². The van der Waals surface area contributed by atoms with Crippen molar-refractivity contribution in [2.45, 2.75) is 118 Å². The summed E-state index contributed by atoms with van der Waals surface area (Å²) in [7, 11) is 0. The molecular weight excluding hydrogens is 905 g/mol. The molecule has 17 nitrogen and oxygen atoms in total. The molecule has 3 aliphatic heterocycles. The Morgan fingerprint density at radius 2 is 1.59 bits per heavy atom. The average Bonchev–Trinajstić information content (AvgIpc) is 3.56. The fraction of sp³-hybridized carbons (Fsp3) is 0.444. The molecule has 0 unspecified atom stereocenters. The molecule has 0 fully saturated rings. The number of nitrogens with zero attached hydrogens (tertiary/aromatic N) is 5. The van der Waals surface area contributed by atoms with Crippen LogP contribution in [-0.2, 0) is 59.5 Å². The molecule has 6 rings (SSSR count). The highest BCUT2D eigenvalue weighted by Gasteiger charge is 2.29. The lowest BCUT2D eigenvalue weighted by Gasteiger charge is -2.28. The molecule has 0 saturated heterocycles. The van der Waals surface area contributed by atoms with E-state index in [9.17, 15) is 38.4 Å². The molecule has 71 heavy (non-hydrogen) atoms. The summed E-state index contributed by atoms with van der Waals surface area (Å²) in [6.07, 6.45) is 10.0. The average molecular weight is 971 g/mol. The topological polar surface area (TPSA) is 231 Å². The first-order valence-electron chi connectivity index (χ1n) is 24.7. The number of carbonyl (C=O) groups is 8. The van der Waals surface area contributed by atoms with Crippen molar-refractivity contribution in [2.24, 2.45) is 22.6 Å². The molecule has 2 aromatic carbocycles. The number of anilines is 1. The van der Waals surface area contributed by atoms with Crippen LogP contribution in [0.1, 0.15) is 124 Å². The molecule has 4 N–H and O–H groups in total. The SMILES string of the molecule is CCCN(CCC)C(=O)C1=Cc2ccc(C(=O)Nc3cnc4c(c3)CN(C(=O)OCc3ccc(CC(=O)[C@H](C)NC(=O)[C@@H](CC(=O)CCCCCN5C(=O)C=CC5=O)C(C)C)cc3)CC4)cc2N=C(N)C1. The van der Waals surface area contributed by atoms with Crippen LogP contribution in [0.25, 0.3) is 6.08 Å². The molecular formula is C54H66N8O9. The quantitative estimate of drug-likeness (QED) is 0.0662. The van der Waals surface area contributed by atoms with Gasteiger partial charge in [-0.2, -0.15) is 0 Å². The Kier molecular flexibility index (Phi) is 18.7. The second kappa shape index (κ2) is 25.0. The number of carbonyl (C=O) groups excluding carboxylic acids is 8. The van der Waals surface area contributed by atoms with Crippen LogP contribution in [0.3, 0.4) is 0 Å². The largest absolute Gasteiger partial charge is 0.445 e. The van der Waals surface area contributed by atoms with Gasteiger partial charge in [0, 0.05) is 98.7 Å². The van der Waals surface area contributed by atoms with E-state index in [0.717, 1.165) is 35.2 Å². The van der Waals surface area contributed by atoms with E-state index in [1.807, 2.05) is 32.6 Å². The minimum Gasteiger partial charge on any atom is -0.445 e. The molecule has 3 aliphatic rings. The molecule has 0 saturated carbocycles. The van der Waals surface area contributed by atoms with Gasteiger partial charge in [0.25, 0.3) is 17.7 Å². The van der Waals surface area contributed by atoms with Gasteiger partial charge in [0.15, 0.2) is 5.78 Å². The van der Waals surface area contributed by atoms with Crippen LogP contribution in [0.4, 0.5) is 16.2 Å². The molecule has 0 aliphatic carbocycles. The first-order chi connectivity index (χ1) is 34.0. The first-order valence-corrected chi connectivity index (χ1v) is 24.7. The fourth-order valence-corrected chi connectivity index (χ4v) is 8.72. The maximum atomic E-state index is 13.5. The van der Waals surface area contributed by atoms with E-state index in [1.54, 1.807) is 72.6 Å². The maximum absolute atomic E-state index is 13.5. The van der Waals surface area contributed by atoms with Crippen molar-refractivity contribution in [2.75, 3.05) is 31.5 Å². The summed E-state index contributed by atoms with van der Waals surface area (Å²) in [5.74, 6) is -2.15. The third-order valence-electron chi connectivity index (χ3n) is 12.8. The number of amides is 6. The van der Waals surface area contributed by atoms with Crippen molar-refractivity contribution in [3.63, 3.8) is 0 Å². The molecule has 2 atom stereocenters. The zero-order valence-electron chi connectivity index (χ0n) is 41.5. The van der Waals surface area contributed by atoms with Gasteiger partial charge in [-0.1, -0.05) is 64.4 Å². The maximum Gasteiger partial charge on any atom is 0.410 e. The van der Waals surface area contributed by atoms with Crippen LogP contribution in [-0.4, -0.2) is 105 Å². The number of benzene rings is 2. The smallest absolute Gasteiger partial charge is 0.410 e. The summed E-state index contributed by atoms with van der Waals surface area (Å²) in [6, 6.07) is 13.2. The van der Waals surface area contributed by atoms with Gasteiger partial charge >= 0.3 is 6.09 Å². The number of rotatable bonds is 23. The number of imide groups is 1. The van der Waals surface area contributed by atoms with E-state index in [4.69, 9.17) is 10.5 Å². The van der Waals surface area contributed by atoms with E-state index < -0.39 is 18.1 Å². The number of hydrogen-bond donors (Lipinski definition) is 3. The van der Waals surface area contributed by atoms with Gasteiger partial charge in [-0.15, -0.1) is 0 Å². The lowest BCUT2D eigenvalue weighted by atomic mass is 9.88. The van der Waals surface area contributed by atoms with Crippen molar-refractivity contribution in [3.05, 3.63) is 106 Å². The van der Waals surface area contributed by atoms with Gasteiger partial charge in [0.1, 0.15) is 18.2 Å². The summed E-state index contributed by atoms with van der Waals surface area (Å²) in [5, 5.41) is 5.71. The first kappa shape index (κ1) is 53.1. The van der Waals surface area contributed by atoms with Crippen molar-refractivity contribution in [1.29, 1.82) is 0 Å². The predicted octanol–water partition coefficient (Wildman–Crippen LogP) is 6.79. The van der Waals surface area contributed by atoms with Gasteiger partial charge in [-0.05, 0) is 79.5 Å². The molecule has 4 heterocycles. The summed E-state index contributed by atoms with van der Waals surface area (Å²) >= 11 is 0. The number of ketones is 2. The molecule has 0 spiro atoms. The van der Waals surface area contributed by atoms with Gasteiger partial charge in [-0.3, -0.25) is 43.4 Å². The number of ether oxygens (including phenoxy) is 1. The molecule has 376 valence electrons. The Labute approximate surface area is 415 Å². The Morgan fingerprint density at radius 1 is 0.887 bits per heavy atom. The number of nitrogens with two attached hydrogens (primary N) is 1. The van der Waals surface area contributed by atoms with E-state index in [2.05, 4.69) is 20.6 Å². The van der Waals surface area contributed by atoms with Gasteiger partial charge in [-0.25, -0.2) is 9.79 Å². The molecule has 3 aromatic rings. The summed E-state index contributed by atoms with van der Waals surface area (Å²) < 4.78 is 5.67. The summed E-state index contributed by atoms with van der Waals surface area (Å²) in [6.45, 7) is 11.7. The number of nitrogens with one attached hydrogen (secondary N) is 2. The third kappa shape index (κ3) is 14.6. The van der Waals surface area contributed by atoms with Gasteiger partial charge < -0.3 is 30.9 Å². The number of Topliss-reactive ketones (excluding diaryl/α,β-unsaturated/α-hetero) is 2. The zero-order chi connectivity index (χ0) is 51.2. The highest BCUT2D eigenvalue weighted by atomic mass is 16.6. The van der Waals surface area contributed by atoms with E-state index >= 15 is 0 Å². The van der Waals surface area contributed by atoms with Crippen LogP contribution in [0, 0.1) is 11.8 Å². The van der Waals surface area contributed by atoms with Crippen molar-refractivity contribution in [3.8, 4) is 0 Å². The third-order valence-corrected chi connectivity index (χ3v) is 12.8. The number of hydrogen-bond acceptors (Lipinski definition) is 12. The number of aromatic nitrogens is 1. The zero-order valence-corrected chi connectivity index (χ0v) is 41.5. The van der Waals surface area contributed by atoms with Crippen LogP contribution in [0.2, 0.25) is 0 Å². The monoisotopic (exact) mass is 970 g/mol. The van der Waals surface area contributed by atoms with Crippen LogP contribution >= 0.6 is 0 Å². The highest BCUT2D eigenvalue weighted by Crippen LogP contribution is 2.30. The minimum absolute atomic E-state index is 0.00487. The highest BCUT2D eigenvalue weighted by molar-refractivity contribution is 6.13. The Morgan fingerprint density at radius 3 is 2.28 bits per heavy atom. The standard InChI is InChI=1S/C54H66N8O9/c1-6-21-60(22-7-2)53(69)40-26-38-16-17-39(28-46(38)59-48(55)29-40)51(67)58-42-27-41-32-61(24-20-45(41)56-31-42)54(70)71-33-37-14-12-36(13-15-37)25-47(64)35(5)57-52(68)44(34(3)4)30-43(63)11-9-8-10-23-62-49(65)18-19-50(62)66/h12-19,26-28,31,34-35,44H,6-11,20-25,29-30,32-33H2,1-5H3,(H2,55,59)(H,57,68)(H,58,67)/t35-,44-/m0/s1. The molecule has 0 radical (unpaired) electrons. The van der Waals surface area contributed by atoms with Crippen LogP contribution < -0.4 is 16.4 Å². The second-order valence-corrected chi connectivity index (χ2v) is 18.8. The van der Waals surface area contributed by atoms with Gasteiger partial charge in [0.2, 0.25) is 11.8 Å². The minimum atomic E-state index is -0.782. The van der Waals surface area contributed by atoms with E-state index in [0.29, 0.717) is 79.9 Å². The van der Waals surface area contributed by atoms with E-state index in [1.165, 1.54) is 17.1 Å². The normalized spacial score (nSPS) is 15.0. The number of unbranched alkanes of at least 4 members (excludes halogenated alkanes) is 2. The number of pyridine rings is 1. The lowest BCUT2D eigenvalue weighted by molar-refractivity contribution is -0.137. The van der Waals surface area contributed by atoms with Crippen molar-refractivity contribution in [1.82, 2.24) is 25.0 Å². The number of amidine groups is 1. The summed E-state index contributed by atoms with van der Waals surface area (Å²) in [4.78, 5) is 117. The van der Waals surface area contributed by atoms with Gasteiger partial charge in [0.05, 0.1) is 30.2 Å². The summed E-state index contributed by atoms with van der Waals surface area (Å²) in [5.41, 5.74) is 11.8. The number of aliphatic imine (C=N–C) groups is 1. The molecule has 1 aromatic heterocycles. The number of fused-ring (bicyclic) bond motifs is 2. The van der Waals surface area contributed by atoms with Crippen molar-refractivity contribution >= 4 is 70.5 Å². The Bertz CT molecular complexity index is 2580. The molecule has 17 heteroatoms. The van der Waals surface area contributed by atoms with E-state index in [-0.39, 0.29) is 91.7 Å². The predicted molar refractivity (Wildman–Crippen MR) is 269 cm³/mol. The Hall–Kier alpha value is -7.30. The molecule has 0 bridgehead atoms. The lowest BCUT2D eigenvalue weighted by Crippen LogP contribution is -2.44. The fourth-order valence-electron chi connectivity index (χ4n) is 8.72. The van der Waals surface area contributed by atoms with Crippen LogP contribution in [0.5, 0.6) is 0 Å². The van der Waals surface area contributed by atoms with Crippen LogP contribution in [0.15, 0.2) is 77.4 Å². The Balaban J connectivity index is 0.940. The molecule has 6 amide bonds.